The number of carbonyl (C=O) groups excluding carboxylic acids is 1. The summed E-state index contributed by atoms with van der Waals surface area (Å²) in [6, 6.07) is 6.14. The van der Waals surface area contributed by atoms with Gasteiger partial charge in [-0.3, -0.25) is 9.69 Å². The van der Waals surface area contributed by atoms with E-state index in [0.29, 0.717) is 30.6 Å². The number of morpholine rings is 1. The largest absolute Gasteiger partial charge is 0.451 e. The number of aromatic nitrogens is 3. The number of anilines is 1. The van der Waals surface area contributed by atoms with E-state index < -0.39 is 42.7 Å². The van der Waals surface area contributed by atoms with Gasteiger partial charge in [0, 0.05) is 68.9 Å². The van der Waals surface area contributed by atoms with Gasteiger partial charge in [-0.2, -0.15) is 13.2 Å². The third-order valence-corrected chi connectivity index (χ3v) is 7.65. The fraction of sp³-hybridized carbons (Fsp3) is 0.481. The lowest BCUT2D eigenvalue weighted by atomic mass is 10.0. The van der Waals surface area contributed by atoms with Gasteiger partial charge in [-0.25, -0.2) is 23.7 Å². The molecule has 8 nitrogen and oxygen atoms in total. The number of pyridine rings is 1. The summed E-state index contributed by atoms with van der Waals surface area (Å²) in [5.41, 5.74) is 1.01. The zero-order valence-corrected chi connectivity index (χ0v) is 22.9. The van der Waals surface area contributed by atoms with Gasteiger partial charge in [0.05, 0.1) is 34.9 Å². The van der Waals surface area contributed by atoms with Crippen molar-refractivity contribution in [2.75, 3.05) is 44.2 Å². The minimum atomic E-state index is -4.73. The highest BCUT2D eigenvalue weighted by Crippen LogP contribution is 2.33. The number of alkyl halides is 5. The maximum Gasteiger partial charge on any atom is 0.451 e. The molecule has 1 N–H and O–H groups in total. The predicted molar refractivity (Wildman–Crippen MR) is 142 cm³/mol. The lowest BCUT2D eigenvalue weighted by Gasteiger charge is -2.37. The van der Waals surface area contributed by atoms with E-state index in [-0.39, 0.29) is 41.9 Å². The molecule has 14 heteroatoms. The van der Waals surface area contributed by atoms with Crippen molar-refractivity contribution in [2.45, 2.75) is 44.0 Å². The predicted octanol–water partition coefficient (Wildman–Crippen LogP) is 5.12. The van der Waals surface area contributed by atoms with Gasteiger partial charge in [-0.05, 0) is 31.2 Å². The maximum atomic E-state index is 13.8. The fourth-order valence-electron chi connectivity index (χ4n) is 5.15. The molecular formula is C27H28ClF5N6O2. The Morgan fingerprint density at radius 3 is 2.51 bits per heavy atom. The molecule has 4 heterocycles. The summed E-state index contributed by atoms with van der Waals surface area (Å²) in [6.07, 6.45) is -3.46. The summed E-state index contributed by atoms with van der Waals surface area (Å²) in [5.74, 6) is -3.93. The Morgan fingerprint density at radius 2 is 1.85 bits per heavy atom. The number of hydrogen-bond acceptors (Lipinski definition) is 7. The normalized spacial score (nSPS) is 20.7. The molecule has 0 saturated carbocycles. The SMILES string of the molecule is CC1CN(c2ccc3c(C(=O)NCC(c4cnc(C(F)(F)F)nc4)N4CCC(F)(F)CC4)c(Cl)ccc3n2)CCO1. The van der Waals surface area contributed by atoms with Crippen molar-refractivity contribution in [2.24, 2.45) is 0 Å². The third-order valence-electron chi connectivity index (χ3n) is 7.33. The molecule has 2 atom stereocenters. The van der Waals surface area contributed by atoms with Crippen molar-refractivity contribution in [1.29, 1.82) is 0 Å². The number of rotatable bonds is 6. The topological polar surface area (TPSA) is 83.5 Å². The molecule has 0 radical (unpaired) electrons. The smallest absolute Gasteiger partial charge is 0.375 e. The minimum Gasteiger partial charge on any atom is -0.375 e. The first-order valence-corrected chi connectivity index (χ1v) is 13.5. The average molecular weight is 599 g/mol. The number of hydrogen-bond donors (Lipinski definition) is 1. The second-order valence-electron chi connectivity index (χ2n) is 10.2. The molecule has 0 bridgehead atoms. The average Bonchev–Trinajstić information content (AvgIpc) is 2.93. The summed E-state index contributed by atoms with van der Waals surface area (Å²) in [5, 5.41) is 3.50. The number of piperidine rings is 1. The van der Waals surface area contributed by atoms with Crippen LogP contribution in [0, 0.1) is 0 Å². The monoisotopic (exact) mass is 598 g/mol. The number of likely N-dealkylation sites (tertiary alicyclic amines) is 1. The Morgan fingerprint density at radius 1 is 1.15 bits per heavy atom. The standard InChI is InChI=1S/C27H28ClF5N6O2/c1-16-15-39(10-11-41-16)22-5-2-18-20(37-22)4-3-19(28)23(18)24(40)34-14-21(38-8-6-26(29,30)7-9-38)17-12-35-25(36-13-17)27(31,32)33/h2-5,12-13,16,21H,6-11,14-15H2,1H3,(H,34,40). The molecule has 2 saturated heterocycles. The number of amides is 1. The van der Waals surface area contributed by atoms with E-state index in [0.717, 1.165) is 18.2 Å². The van der Waals surface area contributed by atoms with Gasteiger partial charge in [0.1, 0.15) is 5.82 Å². The van der Waals surface area contributed by atoms with Crippen molar-refractivity contribution in [1.82, 2.24) is 25.2 Å². The van der Waals surface area contributed by atoms with Crippen molar-refractivity contribution in [3.63, 3.8) is 0 Å². The van der Waals surface area contributed by atoms with Gasteiger partial charge in [0.2, 0.25) is 5.82 Å². The van der Waals surface area contributed by atoms with Crippen LogP contribution in [0.5, 0.6) is 0 Å². The maximum absolute atomic E-state index is 13.8. The number of fused-ring (bicyclic) bond motifs is 1. The van der Waals surface area contributed by atoms with E-state index in [4.69, 9.17) is 21.3 Å². The molecule has 2 fully saturated rings. The number of carbonyl (C=O) groups is 1. The number of nitrogens with one attached hydrogen (secondary N) is 1. The van der Waals surface area contributed by atoms with E-state index in [1.807, 2.05) is 13.0 Å². The van der Waals surface area contributed by atoms with Crippen LogP contribution in [-0.4, -0.2) is 77.1 Å². The van der Waals surface area contributed by atoms with Crippen LogP contribution >= 0.6 is 11.6 Å². The Balaban J connectivity index is 1.38. The lowest BCUT2D eigenvalue weighted by Crippen LogP contribution is -2.45. The Labute approximate surface area is 237 Å². The molecule has 0 aliphatic carbocycles. The van der Waals surface area contributed by atoms with Gasteiger partial charge in [-0.1, -0.05) is 11.6 Å². The van der Waals surface area contributed by atoms with Crippen LogP contribution in [0.3, 0.4) is 0 Å². The quantitative estimate of drug-likeness (QED) is 0.394. The zero-order chi connectivity index (χ0) is 29.4. The Bertz CT molecular complexity index is 1400. The molecule has 0 spiro atoms. The molecule has 5 rings (SSSR count). The van der Waals surface area contributed by atoms with Gasteiger partial charge in [-0.15, -0.1) is 0 Å². The summed E-state index contributed by atoms with van der Waals surface area (Å²) in [7, 11) is 0. The van der Waals surface area contributed by atoms with E-state index in [2.05, 4.69) is 20.2 Å². The van der Waals surface area contributed by atoms with Crippen LogP contribution < -0.4 is 10.2 Å². The third kappa shape index (κ3) is 6.68. The second-order valence-corrected chi connectivity index (χ2v) is 10.6. The van der Waals surface area contributed by atoms with E-state index in [1.165, 1.54) is 0 Å². The van der Waals surface area contributed by atoms with Gasteiger partial charge in [0.15, 0.2) is 0 Å². The van der Waals surface area contributed by atoms with Gasteiger partial charge < -0.3 is 15.0 Å². The van der Waals surface area contributed by atoms with Crippen LogP contribution in [0.2, 0.25) is 5.02 Å². The van der Waals surface area contributed by atoms with E-state index in [1.54, 1.807) is 23.1 Å². The molecule has 1 amide bonds. The minimum absolute atomic E-state index is 0.0174. The molecule has 2 unspecified atom stereocenters. The molecule has 41 heavy (non-hydrogen) atoms. The highest BCUT2D eigenvalue weighted by atomic mass is 35.5. The van der Waals surface area contributed by atoms with E-state index >= 15 is 0 Å². The summed E-state index contributed by atoms with van der Waals surface area (Å²) in [6.45, 7) is 3.79. The Kier molecular flexibility index (Phi) is 8.31. The first-order chi connectivity index (χ1) is 19.4. The molecule has 220 valence electrons. The Hall–Kier alpha value is -3.16. The first-order valence-electron chi connectivity index (χ1n) is 13.2. The summed E-state index contributed by atoms with van der Waals surface area (Å²) >= 11 is 6.44. The first kappa shape index (κ1) is 29.3. The summed E-state index contributed by atoms with van der Waals surface area (Å²) in [4.78, 5) is 28.8. The summed E-state index contributed by atoms with van der Waals surface area (Å²) < 4.78 is 72.3. The van der Waals surface area contributed by atoms with Crippen molar-refractivity contribution < 1.29 is 31.5 Å². The van der Waals surface area contributed by atoms with Crippen LogP contribution in [0.1, 0.15) is 47.6 Å². The molecule has 2 aromatic heterocycles. The zero-order valence-electron chi connectivity index (χ0n) is 22.1. The van der Waals surface area contributed by atoms with Gasteiger partial charge in [0.25, 0.3) is 11.8 Å². The van der Waals surface area contributed by atoms with Crippen molar-refractivity contribution in [3.05, 3.63) is 58.6 Å². The number of nitrogens with zero attached hydrogens (tertiary/aromatic N) is 5. The van der Waals surface area contributed by atoms with Crippen molar-refractivity contribution >= 4 is 34.2 Å². The fourth-order valence-corrected chi connectivity index (χ4v) is 5.41. The number of benzene rings is 1. The molecule has 1 aromatic carbocycles. The highest BCUT2D eigenvalue weighted by Gasteiger charge is 2.38. The lowest BCUT2D eigenvalue weighted by molar-refractivity contribution is -0.145. The van der Waals surface area contributed by atoms with Crippen LogP contribution in [0.15, 0.2) is 36.7 Å². The van der Waals surface area contributed by atoms with Crippen molar-refractivity contribution in [3.8, 4) is 0 Å². The number of ether oxygens (including phenoxy) is 1. The van der Waals surface area contributed by atoms with Crippen LogP contribution in [0.25, 0.3) is 10.9 Å². The van der Waals surface area contributed by atoms with Gasteiger partial charge >= 0.3 is 6.18 Å². The van der Waals surface area contributed by atoms with Crippen LogP contribution in [-0.2, 0) is 10.9 Å². The second kappa shape index (κ2) is 11.6. The highest BCUT2D eigenvalue weighted by molar-refractivity contribution is 6.35. The molecule has 2 aliphatic rings. The molecular weight excluding hydrogens is 571 g/mol. The number of halogens is 6. The molecule has 3 aromatic rings. The van der Waals surface area contributed by atoms with E-state index in [9.17, 15) is 26.7 Å². The van der Waals surface area contributed by atoms with Crippen LogP contribution in [0.4, 0.5) is 27.8 Å². The molecule has 2 aliphatic heterocycles.